The minimum Gasteiger partial charge on any atom is -0.504 e. The van der Waals surface area contributed by atoms with Gasteiger partial charge in [0.1, 0.15) is 5.82 Å². The molecule has 4 amide bonds. The summed E-state index contributed by atoms with van der Waals surface area (Å²) in [6.07, 6.45) is 1.95. The van der Waals surface area contributed by atoms with E-state index in [0.717, 1.165) is 9.91 Å². The first-order chi connectivity index (χ1) is 26.0. The maximum Gasteiger partial charge on any atom is 0.269 e. The number of halogens is 2. The maximum absolute atomic E-state index is 15.3. The summed E-state index contributed by atoms with van der Waals surface area (Å²) < 4.78 is 19.7. The summed E-state index contributed by atoms with van der Waals surface area (Å²) >= 11 is 6.35. The molecular formula is C40H32ClFN4O8. The molecule has 3 fully saturated rings. The molecule has 2 N–H and O–H groups in total. The largest absolute Gasteiger partial charge is 0.504 e. The van der Waals surface area contributed by atoms with E-state index in [1.807, 2.05) is 6.08 Å². The molecule has 6 atom stereocenters. The number of carbonyl (C=O) groups excluding carboxylic acids is 4. The minimum atomic E-state index is -1.70. The van der Waals surface area contributed by atoms with Gasteiger partial charge in [0.05, 0.1) is 46.1 Å². The molecular weight excluding hydrogens is 719 g/mol. The molecule has 0 spiro atoms. The quantitative estimate of drug-likeness (QED) is 0.0867. The van der Waals surface area contributed by atoms with Gasteiger partial charge in [-0.15, -0.1) is 0 Å². The van der Waals surface area contributed by atoms with Crippen molar-refractivity contribution in [2.75, 3.05) is 16.9 Å². The summed E-state index contributed by atoms with van der Waals surface area (Å²) in [6.45, 7) is 1.99. The Labute approximate surface area is 312 Å². The number of allylic oxidation sites excluding steroid dienone is 2. The summed E-state index contributed by atoms with van der Waals surface area (Å²) in [7, 11) is 0. The van der Waals surface area contributed by atoms with Gasteiger partial charge in [0.2, 0.25) is 11.8 Å². The number of anilines is 2. The van der Waals surface area contributed by atoms with Crippen molar-refractivity contribution in [2.24, 2.45) is 23.7 Å². The molecule has 2 saturated heterocycles. The van der Waals surface area contributed by atoms with E-state index >= 15 is 4.79 Å². The second kappa shape index (κ2) is 13.1. The van der Waals surface area contributed by atoms with Crippen LogP contribution in [0.5, 0.6) is 11.5 Å². The van der Waals surface area contributed by atoms with E-state index < -0.39 is 69.4 Å². The van der Waals surface area contributed by atoms with Gasteiger partial charge in [0.25, 0.3) is 17.5 Å². The number of nitro benzene ring substituents is 1. The molecule has 4 aliphatic rings. The number of para-hydroxylation sites is 1. The Bertz CT molecular complexity index is 2260. The fourth-order valence-corrected chi connectivity index (χ4v) is 9.15. The van der Waals surface area contributed by atoms with Crippen molar-refractivity contribution in [3.63, 3.8) is 0 Å². The molecule has 274 valence electrons. The van der Waals surface area contributed by atoms with E-state index in [-0.39, 0.29) is 53.6 Å². The molecule has 8 rings (SSSR count). The Balaban J connectivity index is 1.32. The number of non-ortho nitro benzene ring substituents is 1. The Hall–Kier alpha value is -6.08. The Morgan fingerprint density at radius 3 is 2.31 bits per heavy atom. The highest BCUT2D eigenvalue weighted by Gasteiger charge is 2.70. The average Bonchev–Trinajstić information content (AvgIpc) is 3.54. The standard InChI is InChI=1S/C40H32ClFN4O8/c1-2-54-32-5-3-4-29(35(32)47)34-27-18-19-28-33(38(50)44(36(28)48)25-14-16-26(17-15-25)46(52)53)30(27)20-31-37(49)45(43-24-12-10-23(42)11-13-24)39(51)40(31,34)21-6-8-22(41)9-7-21/h3-18,28,30-31,33-34,43,47H,2,19-20H2,1H3. The first-order valence-corrected chi connectivity index (χ1v) is 17.8. The molecule has 0 radical (unpaired) electrons. The van der Waals surface area contributed by atoms with Gasteiger partial charge in [0, 0.05) is 28.6 Å². The number of aromatic hydroxyl groups is 1. The molecule has 2 heterocycles. The highest BCUT2D eigenvalue weighted by atomic mass is 35.5. The van der Waals surface area contributed by atoms with Crippen LogP contribution in [0.1, 0.15) is 36.8 Å². The van der Waals surface area contributed by atoms with Crippen LogP contribution >= 0.6 is 11.6 Å². The highest BCUT2D eigenvalue weighted by Crippen LogP contribution is 2.65. The molecule has 2 aliphatic heterocycles. The van der Waals surface area contributed by atoms with E-state index in [4.69, 9.17) is 16.3 Å². The third kappa shape index (κ3) is 5.17. The second-order valence-corrected chi connectivity index (χ2v) is 14.2. The summed E-state index contributed by atoms with van der Waals surface area (Å²) in [4.78, 5) is 70.4. The lowest BCUT2D eigenvalue weighted by atomic mass is 9.49. The number of nitrogens with one attached hydrogen (secondary N) is 1. The van der Waals surface area contributed by atoms with Crippen molar-refractivity contribution < 1.29 is 38.3 Å². The monoisotopic (exact) mass is 750 g/mol. The lowest BCUT2D eigenvalue weighted by molar-refractivity contribution is -0.384. The van der Waals surface area contributed by atoms with Crippen molar-refractivity contribution in [3.8, 4) is 11.5 Å². The van der Waals surface area contributed by atoms with E-state index in [1.165, 1.54) is 48.5 Å². The number of hydrogen-bond donors (Lipinski definition) is 2. The molecule has 2 aliphatic carbocycles. The predicted octanol–water partition coefficient (Wildman–Crippen LogP) is 6.68. The fourth-order valence-electron chi connectivity index (χ4n) is 9.02. The van der Waals surface area contributed by atoms with Crippen molar-refractivity contribution in [3.05, 3.63) is 135 Å². The summed E-state index contributed by atoms with van der Waals surface area (Å²) in [6, 6.07) is 21.8. The molecule has 0 bridgehead atoms. The van der Waals surface area contributed by atoms with Crippen LogP contribution in [0.2, 0.25) is 5.02 Å². The molecule has 4 aromatic carbocycles. The van der Waals surface area contributed by atoms with Crippen molar-refractivity contribution >= 4 is 52.3 Å². The number of ether oxygens (including phenoxy) is 1. The third-order valence-electron chi connectivity index (χ3n) is 11.2. The van der Waals surface area contributed by atoms with Crippen molar-refractivity contribution in [1.29, 1.82) is 0 Å². The van der Waals surface area contributed by atoms with Gasteiger partial charge >= 0.3 is 0 Å². The topological polar surface area (TPSA) is 159 Å². The number of fused-ring (bicyclic) bond motifs is 4. The Morgan fingerprint density at radius 2 is 1.65 bits per heavy atom. The van der Waals surface area contributed by atoms with Crippen LogP contribution in [0.15, 0.2) is 103 Å². The van der Waals surface area contributed by atoms with Gasteiger partial charge in [0.15, 0.2) is 11.5 Å². The number of phenolic OH excluding ortho intramolecular Hbond substituents is 1. The van der Waals surface area contributed by atoms with Crippen LogP contribution in [0.4, 0.5) is 21.5 Å². The lowest BCUT2D eigenvalue weighted by Crippen LogP contribution is -2.53. The van der Waals surface area contributed by atoms with Crippen molar-refractivity contribution in [1.82, 2.24) is 5.01 Å². The van der Waals surface area contributed by atoms with Crippen LogP contribution in [-0.2, 0) is 24.6 Å². The minimum absolute atomic E-state index is 0.0165. The van der Waals surface area contributed by atoms with Gasteiger partial charge in [-0.1, -0.05) is 47.5 Å². The smallest absolute Gasteiger partial charge is 0.269 e. The molecule has 4 aromatic rings. The number of hydrazine groups is 1. The van der Waals surface area contributed by atoms with Gasteiger partial charge in [-0.05, 0) is 85.8 Å². The second-order valence-electron chi connectivity index (χ2n) is 13.8. The number of benzene rings is 4. The first kappa shape index (κ1) is 35.0. The predicted molar refractivity (Wildman–Crippen MR) is 194 cm³/mol. The number of rotatable bonds is 8. The molecule has 6 unspecified atom stereocenters. The van der Waals surface area contributed by atoms with E-state index in [1.54, 1.807) is 49.4 Å². The van der Waals surface area contributed by atoms with Crippen LogP contribution in [0.3, 0.4) is 0 Å². The zero-order valence-corrected chi connectivity index (χ0v) is 29.4. The number of nitro groups is 1. The van der Waals surface area contributed by atoms with Crippen LogP contribution < -0.4 is 15.1 Å². The fraction of sp³-hybridized carbons (Fsp3) is 0.250. The van der Waals surface area contributed by atoms with Gasteiger partial charge in [-0.3, -0.25) is 39.6 Å². The Kier molecular flexibility index (Phi) is 8.48. The first-order valence-electron chi connectivity index (χ1n) is 17.4. The zero-order valence-electron chi connectivity index (χ0n) is 28.6. The van der Waals surface area contributed by atoms with Gasteiger partial charge in [-0.2, -0.15) is 5.01 Å². The number of imide groups is 2. The average molecular weight is 751 g/mol. The summed E-state index contributed by atoms with van der Waals surface area (Å²) in [5, 5.41) is 24.5. The summed E-state index contributed by atoms with van der Waals surface area (Å²) in [5.74, 6) is -7.54. The van der Waals surface area contributed by atoms with E-state index in [9.17, 15) is 34.0 Å². The molecule has 12 nitrogen and oxygen atoms in total. The van der Waals surface area contributed by atoms with Crippen LogP contribution in [-0.4, -0.2) is 45.3 Å². The van der Waals surface area contributed by atoms with E-state index in [2.05, 4.69) is 5.43 Å². The van der Waals surface area contributed by atoms with Crippen molar-refractivity contribution in [2.45, 2.75) is 31.1 Å². The number of nitrogens with zero attached hydrogens (tertiary/aromatic N) is 3. The number of amides is 4. The van der Waals surface area contributed by atoms with Gasteiger partial charge < -0.3 is 9.84 Å². The summed E-state index contributed by atoms with van der Waals surface area (Å²) in [5.41, 5.74) is 2.76. The maximum atomic E-state index is 15.3. The number of carbonyl (C=O) groups is 4. The molecule has 14 heteroatoms. The molecule has 0 aromatic heterocycles. The van der Waals surface area contributed by atoms with E-state index in [0.29, 0.717) is 16.2 Å². The van der Waals surface area contributed by atoms with Crippen LogP contribution in [0.25, 0.3) is 0 Å². The third-order valence-corrected chi connectivity index (χ3v) is 11.5. The van der Waals surface area contributed by atoms with Crippen LogP contribution in [0, 0.1) is 39.6 Å². The highest BCUT2D eigenvalue weighted by molar-refractivity contribution is 6.30. The van der Waals surface area contributed by atoms with Gasteiger partial charge in [-0.25, -0.2) is 4.39 Å². The Morgan fingerprint density at radius 1 is 0.944 bits per heavy atom. The normalized spacial score (nSPS) is 25.9. The zero-order chi connectivity index (χ0) is 38.1. The lowest BCUT2D eigenvalue weighted by Gasteiger charge is -2.50. The number of phenols is 1. The molecule has 1 saturated carbocycles. The molecule has 54 heavy (non-hydrogen) atoms. The SMILES string of the molecule is CCOc1cccc(C2C3=CCC4C(=O)N(c5ccc([N+](=O)[O-])cc5)C(=O)C4C3CC3C(=O)N(Nc4ccc(F)cc4)C(=O)C32c2ccc(Cl)cc2)c1O. The number of hydrogen-bond acceptors (Lipinski definition) is 9.